The third-order valence-corrected chi connectivity index (χ3v) is 5.05. The Morgan fingerprint density at radius 1 is 1.12 bits per heavy atom. The van der Waals surface area contributed by atoms with Gasteiger partial charge < -0.3 is 9.47 Å². The summed E-state index contributed by atoms with van der Waals surface area (Å²) in [6.07, 6.45) is 5.15. The number of benzene rings is 2. The molecule has 0 saturated carbocycles. The highest BCUT2D eigenvalue weighted by molar-refractivity contribution is 5.70. The van der Waals surface area contributed by atoms with Crippen LogP contribution >= 0.6 is 0 Å². The molecule has 0 spiro atoms. The van der Waals surface area contributed by atoms with Gasteiger partial charge in [-0.15, -0.1) is 0 Å². The Balaban J connectivity index is 1.86. The molecule has 0 bridgehead atoms. The van der Waals surface area contributed by atoms with Crippen molar-refractivity contribution in [1.82, 2.24) is 14.5 Å². The average molecular weight is 430 g/mol. The van der Waals surface area contributed by atoms with Gasteiger partial charge in [0.2, 0.25) is 5.75 Å². The molecule has 8 nitrogen and oxygen atoms in total. The molecule has 0 radical (unpaired) electrons. The topological polar surface area (TPSA) is 92.3 Å². The monoisotopic (exact) mass is 430 g/mol. The van der Waals surface area contributed by atoms with Gasteiger partial charge >= 0.3 is 5.69 Å². The van der Waals surface area contributed by atoms with Crippen LogP contribution in [0.4, 0.5) is 5.69 Å². The molecule has 162 valence electrons. The molecule has 0 saturated heterocycles. The molecular weight excluding hydrogens is 408 g/mol. The summed E-state index contributed by atoms with van der Waals surface area (Å²) in [4.78, 5) is 20.4. The molecule has 8 heteroatoms. The molecule has 0 fully saturated rings. The Bertz CT molecular complexity index is 1270. The van der Waals surface area contributed by atoms with Crippen molar-refractivity contribution in [2.75, 3.05) is 7.11 Å². The summed E-state index contributed by atoms with van der Waals surface area (Å²) >= 11 is 0. The predicted octanol–water partition coefficient (Wildman–Crippen LogP) is 5.05. The number of pyridine rings is 1. The first-order chi connectivity index (χ1) is 15.5. The Kier molecular flexibility index (Phi) is 5.85. The first kappa shape index (κ1) is 21.0. The standard InChI is InChI=1S/C24H22N4O4/c1-16-9-10-25-13-20(16)24-26-17(2)14-27(24)21-11-19(12-22(31-3)23(21)28(29)30)32-15-18-7-5-4-6-8-18/h4-14H,15H2,1-3H3. The molecule has 0 aliphatic rings. The van der Waals surface area contributed by atoms with Gasteiger partial charge in [-0.2, -0.15) is 0 Å². The maximum atomic E-state index is 12.0. The zero-order valence-electron chi connectivity index (χ0n) is 18.0. The number of ether oxygens (including phenoxy) is 2. The van der Waals surface area contributed by atoms with E-state index in [0.29, 0.717) is 29.6 Å². The van der Waals surface area contributed by atoms with Gasteiger partial charge in [-0.25, -0.2) is 4.98 Å². The molecule has 0 N–H and O–H groups in total. The Hall–Kier alpha value is -4.20. The van der Waals surface area contributed by atoms with E-state index in [1.807, 2.05) is 50.2 Å². The summed E-state index contributed by atoms with van der Waals surface area (Å²) < 4.78 is 13.0. The van der Waals surface area contributed by atoms with Crippen LogP contribution in [0.1, 0.15) is 16.8 Å². The number of aryl methyl sites for hydroxylation is 2. The average Bonchev–Trinajstić information content (AvgIpc) is 3.19. The van der Waals surface area contributed by atoms with Gasteiger partial charge in [0, 0.05) is 36.3 Å². The fourth-order valence-corrected chi connectivity index (χ4v) is 3.49. The summed E-state index contributed by atoms with van der Waals surface area (Å²) in [7, 11) is 1.40. The summed E-state index contributed by atoms with van der Waals surface area (Å²) in [6.45, 7) is 4.10. The quantitative estimate of drug-likeness (QED) is 0.301. The Morgan fingerprint density at radius 2 is 1.91 bits per heavy atom. The van der Waals surface area contributed by atoms with Crippen LogP contribution in [0.25, 0.3) is 17.1 Å². The van der Waals surface area contributed by atoms with E-state index in [1.54, 1.807) is 29.2 Å². The van der Waals surface area contributed by atoms with Crippen molar-refractivity contribution in [2.24, 2.45) is 0 Å². The van der Waals surface area contributed by atoms with Crippen molar-refractivity contribution in [1.29, 1.82) is 0 Å². The normalized spacial score (nSPS) is 10.7. The van der Waals surface area contributed by atoms with E-state index in [0.717, 1.165) is 16.7 Å². The number of nitrogens with zero attached hydrogens (tertiary/aromatic N) is 4. The SMILES string of the molecule is COc1cc(OCc2ccccc2)cc(-n2cc(C)nc2-c2cnccc2C)c1[N+](=O)[O-]. The van der Waals surface area contributed by atoms with Crippen LogP contribution in [0.15, 0.2) is 67.1 Å². The number of methoxy groups -OCH3 is 1. The zero-order valence-corrected chi connectivity index (χ0v) is 18.0. The smallest absolute Gasteiger partial charge is 0.334 e. The van der Waals surface area contributed by atoms with E-state index >= 15 is 0 Å². The van der Waals surface area contributed by atoms with Gasteiger partial charge in [-0.05, 0) is 31.0 Å². The summed E-state index contributed by atoms with van der Waals surface area (Å²) in [5.74, 6) is 1.11. The Labute approximate surface area is 185 Å². The molecule has 0 unspecified atom stereocenters. The van der Waals surface area contributed by atoms with Crippen LogP contribution in [0, 0.1) is 24.0 Å². The van der Waals surface area contributed by atoms with Gasteiger partial charge in [-0.1, -0.05) is 30.3 Å². The molecule has 2 aromatic carbocycles. The van der Waals surface area contributed by atoms with E-state index in [9.17, 15) is 10.1 Å². The van der Waals surface area contributed by atoms with E-state index in [4.69, 9.17) is 9.47 Å². The highest BCUT2D eigenvalue weighted by atomic mass is 16.6. The number of nitro benzene ring substituents is 1. The van der Waals surface area contributed by atoms with Crippen LogP contribution in [0.2, 0.25) is 0 Å². The number of hydrogen-bond acceptors (Lipinski definition) is 6. The number of aromatic nitrogens is 3. The number of rotatable bonds is 7. The molecule has 0 aliphatic carbocycles. The molecule has 4 rings (SSSR count). The summed E-state index contributed by atoms with van der Waals surface area (Å²) in [5.41, 5.74) is 3.57. The number of imidazole rings is 1. The summed E-state index contributed by atoms with van der Waals surface area (Å²) in [5, 5.41) is 12.0. The van der Waals surface area contributed by atoms with Gasteiger partial charge in [0.15, 0.2) is 0 Å². The van der Waals surface area contributed by atoms with Crippen LogP contribution in [0.5, 0.6) is 11.5 Å². The fraction of sp³-hybridized carbons (Fsp3) is 0.167. The third-order valence-electron chi connectivity index (χ3n) is 5.05. The molecule has 32 heavy (non-hydrogen) atoms. The first-order valence-electron chi connectivity index (χ1n) is 9.98. The van der Waals surface area contributed by atoms with E-state index in [1.165, 1.54) is 13.2 Å². The highest BCUT2D eigenvalue weighted by Crippen LogP contribution is 2.40. The van der Waals surface area contributed by atoms with E-state index < -0.39 is 4.92 Å². The van der Waals surface area contributed by atoms with Gasteiger partial charge in [0.25, 0.3) is 0 Å². The van der Waals surface area contributed by atoms with Crippen LogP contribution < -0.4 is 9.47 Å². The van der Waals surface area contributed by atoms with Gasteiger partial charge in [-0.3, -0.25) is 19.7 Å². The Morgan fingerprint density at radius 3 is 2.59 bits per heavy atom. The number of nitro groups is 1. The van der Waals surface area contributed by atoms with Gasteiger partial charge in [0.05, 0.1) is 17.7 Å². The molecular formula is C24H22N4O4. The minimum atomic E-state index is -0.454. The van der Waals surface area contributed by atoms with Crippen molar-refractivity contribution in [3.05, 3.63) is 94.1 Å². The molecule has 2 aromatic heterocycles. The van der Waals surface area contributed by atoms with Crippen molar-refractivity contribution >= 4 is 5.69 Å². The second kappa shape index (κ2) is 8.89. The maximum Gasteiger partial charge on any atom is 0.334 e. The molecule has 0 aliphatic heterocycles. The minimum absolute atomic E-state index is 0.107. The lowest BCUT2D eigenvalue weighted by Gasteiger charge is -2.14. The lowest BCUT2D eigenvalue weighted by molar-refractivity contribution is -0.385. The number of hydrogen-bond donors (Lipinski definition) is 0. The predicted molar refractivity (Wildman–Crippen MR) is 120 cm³/mol. The fourth-order valence-electron chi connectivity index (χ4n) is 3.49. The lowest BCUT2D eigenvalue weighted by Crippen LogP contribution is -2.05. The second-order valence-corrected chi connectivity index (χ2v) is 7.29. The third kappa shape index (κ3) is 4.15. The summed E-state index contributed by atoms with van der Waals surface area (Å²) in [6, 6.07) is 14.7. The van der Waals surface area contributed by atoms with E-state index in [2.05, 4.69) is 9.97 Å². The van der Waals surface area contributed by atoms with Crippen molar-refractivity contribution in [3.63, 3.8) is 0 Å². The molecule has 2 heterocycles. The lowest BCUT2D eigenvalue weighted by atomic mass is 10.1. The van der Waals surface area contributed by atoms with Crippen molar-refractivity contribution in [2.45, 2.75) is 20.5 Å². The minimum Gasteiger partial charge on any atom is -0.490 e. The van der Waals surface area contributed by atoms with Crippen LogP contribution in [-0.4, -0.2) is 26.6 Å². The second-order valence-electron chi connectivity index (χ2n) is 7.29. The van der Waals surface area contributed by atoms with Crippen molar-refractivity contribution < 1.29 is 14.4 Å². The molecule has 0 atom stereocenters. The zero-order chi connectivity index (χ0) is 22.7. The molecule has 4 aromatic rings. The largest absolute Gasteiger partial charge is 0.490 e. The first-order valence-corrected chi connectivity index (χ1v) is 9.98. The molecule has 0 amide bonds. The maximum absolute atomic E-state index is 12.0. The van der Waals surface area contributed by atoms with Crippen molar-refractivity contribution in [3.8, 4) is 28.6 Å². The van der Waals surface area contributed by atoms with Gasteiger partial charge in [0.1, 0.15) is 23.9 Å². The van der Waals surface area contributed by atoms with E-state index in [-0.39, 0.29) is 11.4 Å². The highest BCUT2D eigenvalue weighted by Gasteiger charge is 2.27. The van der Waals surface area contributed by atoms with Crippen LogP contribution in [0.3, 0.4) is 0 Å². The van der Waals surface area contributed by atoms with Crippen LogP contribution in [-0.2, 0) is 6.61 Å².